The largest absolute Gasteiger partial charge is 0.294 e. The quantitative estimate of drug-likeness (QED) is 0.277. The van der Waals surface area contributed by atoms with Gasteiger partial charge in [0.2, 0.25) is 0 Å². The second-order valence-electron chi connectivity index (χ2n) is 7.12. The Kier molecular flexibility index (Phi) is 4.90. The zero-order valence-corrected chi connectivity index (χ0v) is 16.1. The second kappa shape index (κ2) is 7.66. The molecule has 0 atom stereocenters. The Morgan fingerprint density at radius 2 is 1.43 bits per heavy atom. The fourth-order valence-electron chi connectivity index (χ4n) is 3.71. The number of hydrogen-bond acceptors (Lipinski definition) is 1. The Labute approximate surface area is 166 Å². The first kappa shape index (κ1) is 17.9. The van der Waals surface area contributed by atoms with E-state index in [0.29, 0.717) is 0 Å². The van der Waals surface area contributed by atoms with E-state index in [-0.39, 0.29) is 5.78 Å². The van der Waals surface area contributed by atoms with Crippen LogP contribution in [-0.2, 0) is 0 Å². The van der Waals surface area contributed by atoms with Crippen molar-refractivity contribution in [2.45, 2.75) is 13.8 Å². The first-order valence-electron chi connectivity index (χ1n) is 9.50. The Hall–Kier alpha value is -3.45. The molecule has 4 rings (SSSR count). The van der Waals surface area contributed by atoms with Crippen LogP contribution in [0.5, 0.6) is 0 Å². The fourth-order valence-corrected chi connectivity index (χ4v) is 3.71. The van der Waals surface area contributed by atoms with Crippen molar-refractivity contribution in [1.82, 2.24) is 0 Å². The lowest BCUT2D eigenvalue weighted by Gasteiger charge is -2.12. The van der Waals surface area contributed by atoms with Gasteiger partial charge >= 0.3 is 0 Å². The highest BCUT2D eigenvalue weighted by atomic mass is 16.1. The van der Waals surface area contributed by atoms with Crippen molar-refractivity contribution < 1.29 is 4.79 Å². The van der Waals surface area contributed by atoms with Gasteiger partial charge in [-0.3, -0.25) is 4.79 Å². The van der Waals surface area contributed by atoms with Gasteiger partial charge in [-0.15, -0.1) is 0 Å². The first-order valence-corrected chi connectivity index (χ1v) is 9.50. The second-order valence-corrected chi connectivity index (χ2v) is 7.12. The summed E-state index contributed by atoms with van der Waals surface area (Å²) in [6.45, 7) is 3.65. The molecule has 0 aliphatic carbocycles. The molecule has 0 aliphatic rings. The molecule has 28 heavy (non-hydrogen) atoms. The summed E-state index contributed by atoms with van der Waals surface area (Å²) < 4.78 is 0. The zero-order chi connectivity index (χ0) is 19.5. The zero-order valence-electron chi connectivity index (χ0n) is 16.1. The molecule has 136 valence electrons. The minimum Gasteiger partial charge on any atom is -0.294 e. The third-order valence-electron chi connectivity index (χ3n) is 5.06. The van der Waals surface area contributed by atoms with Crippen LogP contribution in [0.2, 0.25) is 0 Å². The van der Waals surface area contributed by atoms with Gasteiger partial charge in [-0.1, -0.05) is 84.9 Å². The van der Waals surface area contributed by atoms with Crippen molar-refractivity contribution in [3.63, 3.8) is 0 Å². The van der Waals surface area contributed by atoms with Crippen molar-refractivity contribution in [3.05, 3.63) is 107 Å². The SMILES string of the molecule is CC(=O)c1c(C)cc(-c2ccc3ccccc3c2)cc1/C=C/c1ccccc1. The molecule has 0 unspecified atom stereocenters. The number of benzene rings is 4. The molecule has 0 aliphatic heterocycles. The van der Waals surface area contributed by atoms with Crippen LogP contribution in [0.1, 0.15) is 34.0 Å². The van der Waals surface area contributed by atoms with Crippen molar-refractivity contribution >= 4 is 28.7 Å². The molecular weight excluding hydrogens is 340 g/mol. The van der Waals surface area contributed by atoms with Crippen LogP contribution in [0.15, 0.2) is 84.9 Å². The number of fused-ring (bicyclic) bond motifs is 1. The molecule has 1 heteroatoms. The van der Waals surface area contributed by atoms with Crippen LogP contribution in [-0.4, -0.2) is 5.78 Å². The summed E-state index contributed by atoms with van der Waals surface area (Å²) in [5.41, 5.74) is 6.15. The number of carbonyl (C=O) groups excluding carboxylic acids is 1. The molecular formula is C27H22O. The van der Waals surface area contributed by atoms with E-state index in [2.05, 4.69) is 72.8 Å². The summed E-state index contributed by atoms with van der Waals surface area (Å²) >= 11 is 0. The van der Waals surface area contributed by atoms with E-state index in [1.54, 1.807) is 6.92 Å². The van der Waals surface area contributed by atoms with Crippen molar-refractivity contribution in [3.8, 4) is 11.1 Å². The Morgan fingerprint density at radius 3 is 2.18 bits per heavy atom. The van der Waals surface area contributed by atoms with Gasteiger partial charge in [-0.05, 0) is 64.6 Å². The molecule has 4 aromatic carbocycles. The van der Waals surface area contributed by atoms with E-state index >= 15 is 0 Å². The van der Waals surface area contributed by atoms with Crippen LogP contribution in [0.4, 0.5) is 0 Å². The van der Waals surface area contributed by atoms with Gasteiger partial charge in [0, 0.05) is 5.56 Å². The third-order valence-corrected chi connectivity index (χ3v) is 5.06. The van der Waals surface area contributed by atoms with Crippen LogP contribution < -0.4 is 0 Å². The minimum atomic E-state index is 0.0928. The van der Waals surface area contributed by atoms with E-state index in [1.807, 2.05) is 31.2 Å². The molecule has 0 radical (unpaired) electrons. The van der Waals surface area contributed by atoms with Crippen LogP contribution in [0.3, 0.4) is 0 Å². The standard InChI is InChI=1S/C27H22O/c1-19-16-26(24-15-14-22-10-6-7-11-23(22)17-24)18-25(27(19)20(2)28)13-12-21-8-4-3-5-9-21/h3-18H,1-2H3/b13-12+. The predicted octanol–water partition coefficient (Wildman–Crippen LogP) is 7.19. The van der Waals surface area contributed by atoms with Gasteiger partial charge < -0.3 is 0 Å². The van der Waals surface area contributed by atoms with Crippen molar-refractivity contribution in [1.29, 1.82) is 0 Å². The molecule has 0 fully saturated rings. The summed E-state index contributed by atoms with van der Waals surface area (Å²) in [5.74, 6) is 0.0928. The Morgan fingerprint density at radius 1 is 0.714 bits per heavy atom. The average molecular weight is 362 g/mol. The molecule has 0 saturated carbocycles. The number of Topliss-reactive ketones (excluding diaryl/α,β-unsaturated/α-hetero) is 1. The molecule has 1 nitrogen and oxygen atoms in total. The molecule has 0 N–H and O–H groups in total. The number of carbonyl (C=O) groups is 1. The maximum absolute atomic E-state index is 12.3. The number of rotatable bonds is 4. The van der Waals surface area contributed by atoms with Gasteiger partial charge in [0.05, 0.1) is 0 Å². The maximum atomic E-state index is 12.3. The topological polar surface area (TPSA) is 17.1 Å². The molecule has 0 saturated heterocycles. The Bertz CT molecular complexity index is 1180. The summed E-state index contributed by atoms with van der Waals surface area (Å²) in [6, 6.07) is 29.3. The monoisotopic (exact) mass is 362 g/mol. The average Bonchev–Trinajstić information content (AvgIpc) is 2.72. The number of ketones is 1. The van der Waals surface area contributed by atoms with Crippen molar-refractivity contribution in [2.24, 2.45) is 0 Å². The maximum Gasteiger partial charge on any atom is 0.160 e. The van der Waals surface area contributed by atoms with Gasteiger partial charge in [0.25, 0.3) is 0 Å². The fraction of sp³-hybridized carbons (Fsp3) is 0.0741. The highest BCUT2D eigenvalue weighted by Gasteiger charge is 2.12. The minimum absolute atomic E-state index is 0.0928. The number of hydrogen-bond donors (Lipinski definition) is 0. The lowest BCUT2D eigenvalue weighted by Crippen LogP contribution is -2.00. The first-order chi connectivity index (χ1) is 13.6. The van der Waals surface area contributed by atoms with Gasteiger partial charge in [-0.2, -0.15) is 0 Å². The third kappa shape index (κ3) is 3.65. The van der Waals surface area contributed by atoms with Crippen molar-refractivity contribution in [2.75, 3.05) is 0 Å². The highest BCUT2D eigenvalue weighted by molar-refractivity contribution is 6.01. The lowest BCUT2D eigenvalue weighted by molar-refractivity contribution is 0.101. The van der Waals surface area contributed by atoms with Gasteiger partial charge in [0.1, 0.15) is 0 Å². The van der Waals surface area contributed by atoms with Crippen LogP contribution in [0.25, 0.3) is 34.1 Å². The summed E-state index contributed by atoms with van der Waals surface area (Å²) in [5, 5.41) is 2.45. The summed E-state index contributed by atoms with van der Waals surface area (Å²) in [4.78, 5) is 12.3. The van der Waals surface area contributed by atoms with Crippen LogP contribution in [0, 0.1) is 6.92 Å². The molecule has 0 amide bonds. The summed E-state index contributed by atoms with van der Waals surface area (Å²) in [7, 11) is 0. The molecule has 0 bridgehead atoms. The molecule has 4 aromatic rings. The molecule has 0 spiro atoms. The normalized spacial score (nSPS) is 11.2. The van der Waals surface area contributed by atoms with E-state index in [0.717, 1.165) is 33.4 Å². The van der Waals surface area contributed by atoms with E-state index in [9.17, 15) is 4.79 Å². The van der Waals surface area contributed by atoms with Gasteiger partial charge in [0.15, 0.2) is 5.78 Å². The Balaban J connectivity index is 1.83. The van der Waals surface area contributed by atoms with Gasteiger partial charge in [-0.25, -0.2) is 0 Å². The van der Waals surface area contributed by atoms with E-state index in [4.69, 9.17) is 0 Å². The number of aryl methyl sites for hydroxylation is 1. The lowest BCUT2D eigenvalue weighted by atomic mass is 9.92. The smallest absolute Gasteiger partial charge is 0.160 e. The molecule has 0 heterocycles. The van der Waals surface area contributed by atoms with E-state index < -0.39 is 0 Å². The van der Waals surface area contributed by atoms with E-state index in [1.165, 1.54) is 10.8 Å². The molecule has 0 aromatic heterocycles. The highest BCUT2D eigenvalue weighted by Crippen LogP contribution is 2.29. The predicted molar refractivity (Wildman–Crippen MR) is 119 cm³/mol. The summed E-state index contributed by atoms with van der Waals surface area (Å²) in [6.07, 6.45) is 4.11. The van der Waals surface area contributed by atoms with Crippen LogP contribution >= 0.6 is 0 Å².